The Morgan fingerprint density at radius 1 is 1.15 bits per heavy atom. The van der Waals surface area contributed by atoms with Crippen LogP contribution in [0.2, 0.25) is 0 Å². The van der Waals surface area contributed by atoms with Gasteiger partial charge in [0, 0.05) is 26.7 Å². The molecule has 20 heavy (non-hydrogen) atoms. The minimum absolute atomic E-state index is 0.401. The fourth-order valence-electron chi connectivity index (χ4n) is 1.30. The van der Waals surface area contributed by atoms with Crippen molar-refractivity contribution in [1.29, 1.82) is 0 Å². The Morgan fingerprint density at radius 3 is 2.30 bits per heavy atom. The van der Waals surface area contributed by atoms with E-state index in [0.717, 1.165) is 24.7 Å². The molecule has 3 N–H and O–H groups in total. The van der Waals surface area contributed by atoms with Crippen molar-refractivity contribution in [1.82, 2.24) is 16.0 Å². The predicted molar refractivity (Wildman–Crippen MR) is 86.6 cm³/mol. The van der Waals surface area contributed by atoms with Crippen molar-refractivity contribution in [3.8, 4) is 0 Å². The van der Waals surface area contributed by atoms with E-state index < -0.39 is 11.7 Å². The van der Waals surface area contributed by atoms with Crippen molar-refractivity contribution in [3.63, 3.8) is 0 Å². The van der Waals surface area contributed by atoms with Crippen molar-refractivity contribution >= 4 is 23.8 Å². The van der Waals surface area contributed by atoms with Crippen molar-refractivity contribution in [2.45, 2.75) is 32.8 Å². The highest BCUT2D eigenvalue weighted by atomic mass is 32.2. The zero-order valence-corrected chi connectivity index (χ0v) is 14.0. The van der Waals surface area contributed by atoms with Gasteiger partial charge in [-0.05, 0) is 39.2 Å². The second kappa shape index (κ2) is 10.7. The number of hydrogen-bond donors (Lipinski definition) is 3. The van der Waals surface area contributed by atoms with Crippen molar-refractivity contribution in [2.75, 3.05) is 38.7 Å². The molecule has 0 aromatic carbocycles. The molecule has 0 radical (unpaired) electrons. The van der Waals surface area contributed by atoms with Gasteiger partial charge in [0.1, 0.15) is 5.60 Å². The number of nitrogens with zero attached hydrogens (tertiary/aromatic N) is 1. The Balaban J connectivity index is 3.68. The molecule has 0 fully saturated rings. The first-order valence-corrected chi connectivity index (χ1v) is 8.18. The van der Waals surface area contributed by atoms with Crippen LogP contribution in [0.25, 0.3) is 0 Å². The number of thioether (sulfide) groups is 1. The lowest BCUT2D eigenvalue weighted by molar-refractivity contribution is 0.0529. The lowest BCUT2D eigenvalue weighted by Crippen LogP contribution is -2.42. The van der Waals surface area contributed by atoms with E-state index in [1.807, 2.05) is 32.5 Å². The van der Waals surface area contributed by atoms with Gasteiger partial charge >= 0.3 is 6.09 Å². The molecule has 1 amide bonds. The number of carbonyl (C=O) groups excluding carboxylic acids is 1. The summed E-state index contributed by atoms with van der Waals surface area (Å²) in [6.45, 7) is 7.49. The first-order chi connectivity index (χ1) is 9.39. The third kappa shape index (κ3) is 12.0. The Morgan fingerprint density at radius 2 is 1.75 bits per heavy atom. The summed E-state index contributed by atoms with van der Waals surface area (Å²) in [7, 11) is 1.73. The molecule has 0 aliphatic carbocycles. The van der Waals surface area contributed by atoms with Crippen LogP contribution in [0.1, 0.15) is 27.2 Å². The topological polar surface area (TPSA) is 74.8 Å². The smallest absolute Gasteiger partial charge is 0.407 e. The molecular formula is C13H28N4O2S. The minimum atomic E-state index is -0.466. The van der Waals surface area contributed by atoms with Crippen molar-refractivity contribution in [2.24, 2.45) is 4.99 Å². The second-order valence-corrected chi connectivity index (χ2v) is 6.19. The molecule has 0 heterocycles. The fourth-order valence-corrected chi connectivity index (χ4v) is 1.74. The monoisotopic (exact) mass is 304 g/mol. The Hall–Kier alpha value is -1.11. The van der Waals surface area contributed by atoms with Gasteiger partial charge < -0.3 is 20.7 Å². The molecule has 0 spiro atoms. The minimum Gasteiger partial charge on any atom is -0.444 e. The zero-order chi connectivity index (χ0) is 15.4. The van der Waals surface area contributed by atoms with Crippen LogP contribution in [-0.4, -0.2) is 56.3 Å². The maximum atomic E-state index is 11.4. The molecule has 7 heteroatoms. The maximum absolute atomic E-state index is 11.4. The normalized spacial score (nSPS) is 11.9. The molecule has 0 saturated carbocycles. The van der Waals surface area contributed by atoms with Gasteiger partial charge in [-0.1, -0.05) is 0 Å². The predicted octanol–water partition coefficient (Wildman–Crippen LogP) is 1.43. The third-order valence-electron chi connectivity index (χ3n) is 2.13. The van der Waals surface area contributed by atoms with E-state index in [-0.39, 0.29) is 0 Å². The molecular weight excluding hydrogens is 276 g/mol. The Labute approximate surface area is 126 Å². The number of guanidine groups is 1. The summed E-state index contributed by atoms with van der Waals surface area (Å²) in [5.74, 6) is 1.88. The van der Waals surface area contributed by atoms with Crippen LogP contribution in [0, 0.1) is 0 Å². The SMILES string of the molecule is CN=C(NCCCSC)NCCNC(=O)OC(C)(C)C. The summed E-state index contributed by atoms with van der Waals surface area (Å²) in [5, 5.41) is 9.02. The number of carbonyl (C=O) groups is 1. The summed E-state index contributed by atoms with van der Waals surface area (Å²) in [6, 6.07) is 0. The van der Waals surface area contributed by atoms with Crippen LogP contribution in [-0.2, 0) is 4.74 Å². The first kappa shape index (κ1) is 18.9. The number of ether oxygens (including phenoxy) is 1. The number of rotatable bonds is 7. The van der Waals surface area contributed by atoms with Gasteiger partial charge in [0.05, 0.1) is 0 Å². The number of nitrogens with one attached hydrogen (secondary N) is 3. The molecule has 0 rings (SSSR count). The van der Waals surface area contributed by atoms with E-state index in [2.05, 4.69) is 27.2 Å². The number of amides is 1. The molecule has 6 nitrogen and oxygen atoms in total. The van der Waals surface area contributed by atoms with E-state index in [1.165, 1.54) is 0 Å². The lowest BCUT2D eigenvalue weighted by atomic mass is 10.2. The van der Waals surface area contributed by atoms with Crippen LogP contribution < -0.4 is 16.0 Å². The highest BCUT2D eigenvalue weighted by Gasteiger charge is 2.15. The summed E-state index contributed by atoms with van der Waals surface area (Å²) in [5.41, 5.74) is -0.466. The van der Waals surface area contributed by atoms with Crippen LogP contribution in [0.3, 0.4) is 0 Å². The van der Waals surface area contributed by atoms with Gasteiger partial charge in [-0.2, -0.15) is 11.8 Å². The molecule has 0 aromatic rings. The highest BCUT2D eigenvalue weighted by molar-refractivity contribution is 7.98. The Kier molecular flexibility index (Phi) is 10.1. The molecule has 0 atom stereocenters. The zero-order valence-electron chi connectivity index (χ0n) is 13.2. The van der Waals surface area contributed by atoms with E-state index in [1.54, 1.807) is 7.05 Å². The van der Waals surface area contributed by atoms with Crippen LogP contribution in [0.4, 0.5) is 4.79 Å². The quantitative estimate of drug-likeness (QED) is 0.377. The van der Waals surface area contributed by atoms with Crippen molar-refractivity contribution < 1.29 is 9.53 Å². The maximum Gasteiger partial charge on any atom is 0.407 e. The largest absolute Gasteiger partial charge is 0.444 e. The van der Waals surface area contributed by atoms with Crippen LogP contribution in [0.15, 0.2) is 4.99 Å². The standard InChI is InChI=1S/C13H28N4O2S/c1-13(2,3)19-12(18)17-9-8-16-11(14-4)15-7-6-10-20-5/h6-10H2,1-5H3,(H,17,18)(H2,14,15,16). The average Bonchev–Trinajstić information content (AvgIpc) is 2.34. The van der Waals surface area contributed by atoms with E-state index in [4.69, 9.17) is 4.74 Å². The van der Waals surface area contributed by atoms with Gasteiger partial charge in [-0.3, -0.25) is 4.99 Å². The molecule has 0 aromatic heterocycles. The summed E-state index contributed by atoms with van der Waals surface area (Å²) in [4.78, 5) is 15.5. The molecule has 0 saturated heterocycles. The first-order valence-electron chi connectivity index (χ1n) is 6.79. The number of hydrogen-bond acceptors (Lipinski definition) is 4. The molecule has 0 aliphatic heterocycles. The molecule has 0 bridgehead atoms. The summed E-state index contributed by atoms with van der Waals surface area (Å²) < 4.78 is 5.14. The van der Waals surface area contributed by atoms with Crippen molar-refractivity contribution in [3.05, 3.63) is 0 Å². The lowest BCUT2D eigenvalue weighted by Gasteiger charge is -2.19. The Bertz CT molecular complexity index is 303. The fraction of sp³-hybridized carbons (Fsp3) is 0.846. The van der Waals surface area contributed by atoms with E-state index in [0.29, 0.717) is 13.1 Å². The number of aliphatic imine (C=N–C) groups is 1. The third-order valence-corrected chi connectivity index (χ3v) is 2.82. The van der Waals surface area contributed by atoms with Gasteiger partial charge in [0.25, 0.3) is 0 Å². The van der Waals surface area contributed by atoms with Crippen LogP contribution >= 0.6 is 11.8 Å². The highest BCUT2D eigenvalue weighted by Crippen LogP contribution is 2.05. The van der Waals surface area contributed by atoms with Gasteiger partial charge in [-0.15, -0.1) is 0 Å². The van der Waals surface area contributed by atoms with Crippen LogP contribution in [0.5, 0.6) is 0 Å². The summed E-state index contributed by atoms with van der Waals surface area (Å²) in [6.07, 6.45) is 2.79. The molecule has 0 aliphatic rings. The summed E-state index contributed by atoms with van der Waals surface area (Å²) >= 11 is 1.83. The van der Waals surface area contributed by atoms with E-state index >= 15 is 0 Å². The van der Waals surface area contributed by atoms with Gasteiger partial charge in [0.2, 0.25) is 0 Å². The second-order valence-electron chi connectivity index (χ2n) is 5.20. The molecule has 0 unspecified atom stereocenters. The average molecular weight is 304 g/mol. The van der Waals surface area contributed by atoms with Gasteiger partial charge in [-0.25, -0.2) is 4.79 Å². The van der Waals surface area contributed by atoms with E-state index in [9.17, 15) is 4.79 Å². The molecule has 118 valence electrons. The van der Waals surface area contributed by atoms with Gasteiger partial charge in [0.15, 0.2) is 5.96 Å². The number of alkyl carbamates (subject to hydrolysis) is 1.